The zero-order chi connectivity index (χ0) is 17.3. The van der Waals surface area contributed by atoms with Crippen molar-refractivity contribution in [2.75, 3.05) is 7.11 Å². The second kappa shape index (κ2) is 6.16. The molecular weight excluding hydrogens is 311 g/mol. The third kappa shape index (κ3) is 2.88. The highest BCUT2D eigenvalue weighted by molar-refractivity contribution is 5.95. The van der Waals surface area contributed by atoms with E-state index in [-0.39, 0.29) is 17.8 Å². The van der Waals surface area contributed by atoms with Crippen LogP contribution in [0.2, 0.25) is 0 Å². The molecule has 4 nitrogen and oxygen atoms in total. The number of ketones is 1. The van der Waals surface area contributed by atoms with Crippen molar-refractivity contribution in [2.45, 2.75) is 31.2 Å². The minimum atomic E-state index is -4.96. The van der Waals surface area contributed by atoms with Crippen LogP contribution in [-0.4, -0.2) is 35.9 Å². The summed E-state index contributed by atoms with van der Waals surface area (Å²) in [6.45, 7) is 1.51. The summed E-state index contributed by atoms with van der Waals surface area (Å²) in [7, 11) is 0.849. The van der Waals surface area contributed by atoms with Crippen LogP contribution < -0.4 is 0 Å². The third-order valence-corrected chi connectivity index (χ3v) is 3.81. The lowest BCUT2D eigenvalue weighted by atomic mass is 9.89. The van der Waals surface area contributed by atoms with Crippen molar-refractivity contribution in [1.82, 2.24) is 4.90 Å². The van der Waals surface area contributed by atoms with Gasteiger partial charge < -0.3 is 9.64 Å². The lowest BCUT2D eigenvalue weighted by Gasteiger charge is -2.39. The molecule has 1 amide bonds. The quantitative estimate of drug-likeness (QED) is 0.858. The van der Waals surface area contributed by atoms with Crippen LogP contribution >= 0.6 is 0 Å². The van der Waals surface area contributed by atoms with Crippen molar-refractivity contribution in [3.05, 3.63) is 48.2 Å². The predicted octanol–water partition coefficient (Wildman–Crippen LogP) is 2.79. The topological polar surface area (TPSA) is 46.6 Å². The van der Waals surface area contributed by atoms with Crippen LogP contribution in [0.15, 0.2) is 42.6 Å². The largest absolute Gasteiger partial charge is 0.430 e. The van der Waals surface area contributed by atoms with E-state index in [0.717, 1.165) is 24.3 Å². The zero-order valence-electron chi connectivity index (χ0n) is 12.6. The SMILES string of the molecule is CO[C@](C(=O)N1C=CC(=O)C[C@@H]1C)(c1ccccc1)C(F)(F)F. The molecule has 2 rings (SSSR count). The molecule has 0 N–H and O–H groups in total. The van der Waals surface area contributed by atoms with Crippen molar-refractivity contribution >= 4 is 11.7 Å². The number of nitrogens with zero attached hydrogens (tertiary/aromatic N) is 1. The number of alkyl halides is 3. The fourth-order valence-corrected chi connectivity index (χ4v) is 2.62. The summed E-state index contributed by atoms with van der Waals surface area (Å²) in [5.41, 5.74) is -3.43. The number of methoxy groups -OCH3 is 1. The Hall–Kier alpha value is -2.15. The first kappa shape index (κ1) is 17.2. The third-order valence-electron chi connectivity index (χ3n) is 3.81. The van der Waals surface area contributed by atoms with Gasteiger partial charge in [0.1, 0.15) is 0 Å². The van der Waals surface area contributed by atoms with Crippen molar-refractivity contribution < 1.29 is 27.5 Å². The minimum absolute atomic E-state index is 0.0331. The lowest BCUT2D eigenvalue weighted by molar-refractivity contribution is -0.270. The van der Waals surface area contributed by atoms with Crippen LogP contribution in [0.25, 0.3) is 0 Å². The van der Waals surface area contributed by atoms with Crippen LogP contribution in [0.5, 0.6) is 0 Å². The maximum absolute atomic E-state index is 13.8. The molecule has 0 fully saturated rings. The number of halogens is 3. The van der Waals surface area contributed by atoms with Crippen molar-refractivity contribution in [2.24, 2.45) is 0 Å². The Kier molecular flexibility index (Phi) is 4.61. The summed E-state index contributed by atoms with van der Waals surface area (Å²) in [5.74, 6) is -1.51. The first-order valence-electron chi connectivity index (χ1n) is 6.95. The minimum Gasteiger partial charge on any atom is -0.356 e. The number of allylic oxidation sites excluding steroid dienone is 1. The summed E-state index contributed by atoms with van der Waals surface area (Å²) >= 11 is 0. The van der Waals surface area contributed by atoms with Gasteiger partial charge in [-0.2, -0.15) is 13.2 Å². The Bertz CT molecular complexity index is 627. The fraction of sp³-hybridized carbons (Fsp3) is 0.375. The van der Waals surface area contributed by atoms with Crippen molar-refractivity contribution in [3.63, 3.8) is 0 Å². The maximum Gasteiger partial charge on any atom is 0.430 e. The van der Waals surface area contributed by atoms with E-state index in [0.29, 0.717) is 0 Å². The highest BCUT2D eigenvalue weighted by Crippen LogP contribution is 2.44. The van der Waals surface area contributed by atoms with Crippen LogP contribution in [0, 0.1) is 0 Å². The molecule has 2 atom stereocenters. The number of hydrogen-bond donors (Lipinski definition) is 0. The Morgan fingerprint density at radius 3 is 2.35 bits per heavy atom. The van der Waals surface area contributed by atoms with Gasteiger partial charge in [0, 0.05) is 31.3 Å². The van der Waals surface area contributed by atoms with Gasteiger partial charge in [-0.3, -0.25) is 9.59 Å². The first-order chi connectivity index (χ1) is 10.7. The van der Waals surface area contributed by atoms with Gasteiger partial charge >= 0.3 is 6.18 Å². The van der Waals surface area contributed by atoms with Gasteiger partial charge in [0.2, 0.25) is 0 Å². The molecular formula is C16H16F3NO3. The van der Waals surface area contributed by atoms with Gasteiger partial charge in [-0.1, -0.05) is 30.3 Å². The van der Waals surface area contributed by atoms with Gasteiger partial charge in [-0.15, -0.1) is 0 Å². The molecule has 0 spiro atoms. The molecule has 0 radical (unpaired) electrons. The molecule has 0 bridgehead atoms. The molecule has 0 aromatic heterocycles. The van der Waals surface area contributed by atoms with E-state index in [2.05, 4.69) is 0 Å². The zero-order valence-corrected chi connectivity index (χ0v) is 12.6. The lowest BCUT2D eigenvalue weighted by Crippen LogP contribution is -2.57. The molecule has 7 heteroatoms. The van der Waals surface area contributed by atoms with E-state index >= 15 is 0 Å². The van der Waals surface area contributed by atoms with Gasteiger partial charge in [-0.25, -0.2) is 0 Å². The van der Waals surface area contributed by atoms with Crippen LogP contribution in [0.4, 0.5) is 13.2 Å². The predicted molar refractivity (Wildman–Crippen MR) is 76.3 cm³/mol. The molecule has 124 valence electrons. The molecule has 0 unspecified atom stereocenters. The number of ether oxygens (including phenoxy) is 1. The Morgan fingerprint density at radius 1 is 1.26 bits per heavy atom. The average Bonchev–Trinajstić information content (AvgIpc) is 2.48. The molecule has 0 saturated heterocycles. The van der Waals surface area contributed by atoms with Crippen molar-refractivity contribution in [1.29, 1.82) is 0 Å². The summed E-state index contributed by atoms with van der Waals surface area (Å²) in [6.07, 6.45) is -2.81. The maximum atomic E-state index is 13.8. The highest BCUT2D eigenvalue weighted by atomic mass is 19.4. The molecule has 1 aliphatic rings. The van der Waals surface area contributed by atoms with Crippen LogP contribution in [-0.2, 0) is 19.9 Å². The average molecular weight is 327 g/mol. The van der Waals surface area contributed by atoms with E-state index in [1.807, 2.05) is 0 Å². The van der Waals surface area contributed by atoms with Gasteiger partial charge in [-0.05, 0) is 13.0 Å². The van der Waals surface area contributed by atoms with E-state index in [1.165, 1.54) is 31.2 Å². The molecule has 1 heterocycles. The monoisotopic (exact) mass is 327 g/mol. The fourth-order valence-electron chi connectivity index (χ4n) is 2.62. The Morgan fingerprint density at radius 2 is 1.87 bits per heavy atom. The van der Waals surface area contributed by atoms with Gasteiger partial charge in [0.25, 0.3) is 11.5 Å². The van der Waals surface area contributed by atoms with Gasteiger partial charge in [0.05, 0.1) is 0 Å². The molecule has 23 heavy (non-hydrogen) atoms. The van der Waals surface area contributed by atoms with E-state index < -0.39 is 23.7 Å². The molecule has 1 aromatic rings. The second-order valence-corrected chi connectivity index (χ2v) is 5.30. The summed E-state index contributed by atoms with van der Waals surface area (Å²) in [4.78, 5) is 25.0. The summed E-state index contributed by atoms with van der Waals surface area (Å²) in [5, 5.41) is 0. The Labute approximate surface area is 131 Å². The van der Waals surface area contributed by atoms with Crippen molar-refractivity contribution in [3.8, 4) is 0 Å². The van der Waals surface area contributed by atoms with E-state index in [1.54, 1.807) is 6.07 Å². The smallest absolute Gasteiger partial charge is 0.356 e. The Balaban J connectivity index is 2.57. The molecule has 1 aromatic carbocycles. The van der Waals surface area contributed by atoms with E-state index in [4.69, 9.17) is 4.74 Å². The van der Waals surface area contributed by atoms with Gasteiger partial charge in [0.15, 0.2) is 5.78 Å². The number of hydrogen-bond acceptors (Lipinski definition) is 3. The number of rotatable bonds is 3. The first-order valence-corrected chi connectivity index (χ1v) is 6.95. The molecule has 1 aliphatic heterocycles. The number of benzene rings is 1. The van der Waals surface area contributed by atoms with Crippen LogP contribution in [0.3, 0.4) is 0 Å². The standard InChI is InChI=1S/C16H16F3NO3/c1-11-10-13(21)8-9-20(11)14(22)15(23-2,16(17,18)19)12-6-4-3-5-7-12/h3-9,11H,10H2,1-2H3/t11-,15-/m0/s1. The summed E-state index contributed by atoms with van der Waals surface area (Å²) < 4.78 is 46.2. The summed E-state index contributed by atoms with van der Waals surface area (Å²) in [6, 6.07) is 6.06. The number of carbonyl (C=O) groups excluding carboxylic acids is 2. The molecule has 0 saturated carbocycles. The second-order valence-electron chi connectivity index (χ2n) is 5.30. The van der Waals surface area contributed by atoms with Crippen LogP contribution in [0.1, 0.15) is 18.9 Å². The number of carbonyl (C=O) groups is 2. The molecule has 0 aliphatic carbocycles. The normalized spacial score (nSPS) is 21.2. The number of amides is 1. The highest BCUT2D eigenvalue weighted by Gasteiger charge is 2.64. The van der Waals surface area contributed by atoms with E-state index in [9.17, 15) is 22.8 Å².